The van der Waals surface area contributed by atoms with Crippen molar-refractivity contribution in [3.8, 4) is 17.2 Å². The Hall–Kier alpha value is -2.30. The van der Waals surface area contributed by atoms with Crippen LogP contribution < -0.4 is 4.72 Å². The zero-order valence-electron chi connectivity index (χ0n) is 12.8. The van der Waals surface area contributed by atoms with Gasteiger partial charge in [0.2, 0.25) is 10.0 Å². The lowest BCUT2D eigenvalue weighted by atomic mass is 10.0. The number of rotatable bonds is 7. The number of unbranched alkanes of at least 4 members (excludes halogenated alkanes) is 1. The second-order valence-corrected chi connectivity index (χ2v) is 7.04. The van der Waals surface area contributed by atoms with Gasteiger partial charge < -0.3 is 0 Å². The molecule has 6 nitrogen and oxygen atoms in total. The van der Waals surface area contributed by atoms with E-state index >= 15 is 0 Å². The van der Waals surface area contributed by atoms with Crippen LogP contribution in [0.1, 0.15) is 31.4 Å². The summed E-state index contributed by atoms with van der Waals surface area (Å²) in [5.74, 6) is -0.0374. The molecule has 0 aliphatic heterocycles. The van der Waals surface area contributed by atoms with Crippen molar-refractivity contribution in [1.29, 1.82) is 5.26 Å². The average molecular weight is 330 g/mol. The lowest BCUT2D eigenvalue weighted by Crippen LogP contribution is -2.29. The van der Waals surface area contributed by atoms with Crippen molar-refractivity contribution in [1.82, 2.24) is 14.7 Å². The van der Waals surface area contributed by atoms with Gasteiger partial charge in [0, 0.05) is 30.4 Å². The Bertz CT molecular complexity index is 768. The third-order valence-electron chi connectivity index (χ3n) is 3.36. The summed E-state index contributed by atoms with van der Waals surface area (Å²) < 4.78 is 26.5. The predicted octanol–water partition coefficient (Wildman–Crippen LogP) is 2.43. The molecule has 0 unspecified atom stereocenters. The van der Waals surface area contributed by atoms with Crippen LogP contribution in [0.3, 0.4) is 0 Å². The van der Waals surface area contributed by atoms with Gasteiger partial charge in [0.1, 0.15) is 6.33 Å². The molecule has 1 heterocycles. The van der Waals surface area contributed by atoms with Crippen LogP contribution in [0.5, 0.6) is 0 Å². The smallest absolute Gasteiger partial charge is 0.212 e. The summed E-state index contributed by atoms with van der Waals surface area (Å²) in [5.41, 5.74) is 2.75. The van der Waals surface area contributed by atoms with Crippen molar-refractivity contribution in [3.05, 3.63) is 48.5 Å². The minimum atomic E-state index is -3.38. The Morgan fingerprint density at radius 3 is 2.43 bits per heavy atom. The lowest BCUT2D eigenvalue weighted by molar-refractivity contribution is 0.564. The van der Waals surface area contributed by atoms with Gasteiger partial charge in [0.05, 0.1) is 11.8 Å². The van der Waals surface area contributed by atoms with Crippen molar-refractivity contribution in [3.63, 3.8) is 0 Å². The van der Waals surface area contributed by atoms with Crippen molar-refractivity contribution in [2.45, 2.75) is 25.8 Å². The fourth-order valence-electron chi connectivity index (χ4n) is 2.15. The summed E-state index contributed by atoms with van der Waals surface area (Å²) in [5, 5.41) is 8.47. The largest absolute Gasteiger partial charge is 0.244 e. The van der Waals surface area contributed by atoms with Gasteiger partial charge in [0.15, 0.2) is 0 Å². The minimum absolute atomic E-state index is 0.0374. The molecule has 0 aliphatic rings. The Kier molecular flexibility index (Phi) is 5.79. The van der Waals surface area contributed by atoms with Gasteiger partial charge in [-0.25, -0.2) is 23.1 Å². The highest BCUT2D eigenvalue weighted by atomic mass is 32.2. The topological polar surface area (TPSA) is 95.7 Å². The maximum Gasteiger partial charge on any atom is 0.212 e. The molecule has 0 radical (unpaired) electrons. The van der Waals surface area contributed by atoms with E-state index in [-0.39, 0.29) is 18.2 Å². The zero-order valence-corrected chi connectivity index (χ0v) is 13.6. The van der Waals surface area contributed by atoms with Gasteiger partial charge in [-0.15, -0.1) is 0 Å². The number of nitrogens with zero attached hydrogens (tertiary/aromatic N) is 3. The normalized spacial score (nSPS) is 12.5. The van der Waals surface area contributed by atoms with Crippen LogP contribution in [0.2, 0.25) is 0 Å². The number of nitriles is 1. The van der Waals surface area contributed by atoms with Crippen LogP contribution in [0.25, 0.3) is 11.1 Å². The fraction of sp³-hybridized carbons (Fsp3) is 0.312. The van der Waals surface area contributed by atoms with Crippen LogP contribution in [0.15, 0.2) is 43.0 Å². The molecule has 1 aromatic carbocycles. The Labute approximate surface area is 136 Å². The molecule has 1 atom stereocenters. The standard InChI is InChI=1S/C16H18N4O2S/c1-13(20-23(21,22)9-3-2-8-17)14-4-6-15(7-5-14)16-10-18-12-19-11-16/h4-7,10-13,20H,2-3,9H2,1H3/t13-/m1/s1. The van der Waals surface area contributed by atoms with E-state index in [4.69, 9.17) is 5.26 Å². The van der Waals surface area contributed by atoms with Crippen LogP contribution >= 0.6 is 0 Å². The molecule has 0 fully saturated rings. The molecular formula is C16H18N4O2S. The number of sulfonamides is 1. The second-order valence-electron chi connectivity index (χ2n) is 5.17. The van der Waals surface area contributed by atoms with Crippen molar-refractivity contribution in [2.24, 2.45) is 0 Å². The maximum atomic E-state index is 11.9. The Morgan fingerprint density at radius 2 is 1.83 bits per heavy atom. The molecule has 1 aromatic heterocycles. The summed E-state index contributed by atoms with van der Waals surface area (Å²) in [6.45, 7) is 1.79. The summed E-state index contributed by atoms with van der Waals surface area (Å²) in [7, 11) is -3.38. The Morgan fingerprint density at radius 1 is 1.17 bits per heavy atom. The number of hydrogen-bond acceptors (Lipinski definition) is 5. The molecule has 0 spiro atoms. The van der Waals surface area contributed by atoms with E-state index in [2.05, 4.69) is 14.7 Å². The number of benzene rings is 1. The molecule has 23 heavy (non-hydrogen) atoms. The van der Waals surface area contributed by atoms with E-state index in [9.17, 15) is 8.42 Å². The molecular weight excluding hydrogens is 312 g/mol. The monoisotopic (exact) mass is 330 g/mol. The second kappa shape index (κ2) is 7.81. The highest BCUT2D eigenvalue weighted by Gasteiger charge is 2.15. The van der Waals surface area contributed by atoms with Crippen molar-refractivity contribution >= 4 is 10.0 Å². The SMILES string of the molecule is C[C@@H](NS(=O)(=O)CCCC#N)c1ccc(-c2cncnc2)cc1. The van der Waals surface area contributed by atoms with Crippen LogP contribution in [0.4, 0.5) is 0 Å². The number of aromatic nitrogens is 2. The summed E-state index contributed by atoms with van der Waals surface area (Å²) in [4.78, 5) is 7.95. The number of hydrogen-bond donors (Lipinski definition) is 1. The van der Waals surface area contributed by atoms with Gasteiger partial charge in [-0.1, -0.05) is 24.3 Å². The zero-order chi connectivity index (χ0) is 16.7. The molecule has 7 heteroatoms. The third-order valence-corrected chi connectivity index (χ3v) is 4.90. The van der Waals surface area contributed by atoms with E-state index in [1.807, 2.05) is 30.3 Å². The van der Waals surface area contributed by atoms with Crippen molar-refractivity contribution < 1.29 is 8.42 Å². The van der Waals surface area contributed by atoms with Gasteiger partial charge in [-0.3, -0.25) is 0 Å². The average Bonchev–Trinajstić information content (AvgIpc) is 2.55. The summed E-state index contributed by atoms with van der Waals surface area (Å²) >= 11 is 0. The fourth-order valence-corrected chi connectivity index (χ4v) is 3.47. The van der Waals surface area contributed by atoms with Crippen LogP contribution in [-0.2, 0) is 10.0 Å². The summed E-state index contributed by atoms with van der Waals surface area (Å²) in [6.07, 6.45) is 5.50. The molecule has 0 amide bonds. The molecule has 2 rings (SSSR count). The van der Waals surface area contributed by atoms with Crippen molar-refractivity contribution in [2.75, 3.05) is 5.75 Å². The van der Waals surface area contributed by atoms with E-state index in [1.165, 1.54) is 6.33 Å². The van der Waals surface area contributed by atoms with E-state index < -0.39 is 10.0 Å². The molecule has 2 aromatic rings. The number of nitrogens with one attached hydrogen (secondary N) is 1. The third kappa shape index (κ3) is 5.13. The highest BCUT2D eigenvalue weighted by molar-refractivity contribution is 7.89. The molecule has 0 saturated heterocycles. The first-order chi connectivity index (χ1) is 11.0. The first-order valence-electron chi connectivity index (χ1n) is 7.24. The van der Waals surface area contributed by atoms with Gasteiger partial charge >= 0.3 is 0 Å². The van der Waals surface area contributed by atoms with Crippen LogP contribution in [0, 0.1) is 11.3 Å². The van der Waals surface area contributed by atoms with Gasteiger partial charge in [0.25, 0.3) is 0 Å². The highest BCUT2D eigenvalue weighted by Crippen LogP contribution is 2.21. The van der Waals surface area contributed by atoms with E-state index in [0.717, 1.165) is 16.7 Å². The van der Waals surface area contributed by atoms with Gasteiger partial charge in [-0.05, 0) is 24.5 Å². The molecule has 1 N–H and O–H groups in total. The van der Waals surface area contributed by atoms with Crippen LogP contribution in [-0.4, -0.2) is 24.1 Å². The molecule has 0 saturated carbocycles. The first-order valence-corrected chi connectivity index (χ1v) is 8.89. The Balaban J connectivity index is 2.03. The minimum Gasteiger partial charge on any atom is -0.244 e. The molecule has 0 bridgehead atoms. The maximum absolute atomic E-state index is 11.9. The molecule has 0 aliphatic carbocycles. The lowest BCUT2D eigenvalue weighted by Gasteiger charge is -2.15. The van der Waals surface area contributed by atoms with E-state index in [0.29, 0.717) is 6.42 Å². The van der Waals surface area contributed by atoms with E-state index in [1.54, 1.807) is 19.3 Å². The van der Waals surface area contributed by atoms with Gasteiger partial charge in [-0.2, -0.15) is 5.26 Å². The molecule has 120 valence electrons. The predicted molar refractivity (Wildman–Crippen MR) is 87.7 cm³/mol. The quantitative estimate of drug-likeness (QED) is 0.787. The summed E-state index contributed by atoms with van der Waals surface area (Å²) in [6, 6.07) is 9.20. The first kappa shape index (κ1) is 17.1.